The summed E-state index contributed by atoms with van der Waals surface area (Å²) in [5.41, 5.74) is 1.25. The number of rotatable bonds is 5. The zero-order valence-corrected chi connectivity index (χ0v) is 17.8. The van der Waals surface area contributed by atoms with Gasteiger partial charge in [-0.25, -0.2) is 0 Å². The molecule has 3 heterocycles. The first kappa shape index (κ1) is 18.6. The number of hydrogen-bond donors (Lipinski definition) is 2. The van der Waals surface area contributed by atoms with Crippen molar-refractivity contribution in [3.63, 3.8) is 0 Å². The molecule has 2 aliphatic rings. The van der Waals surface area contributed by atoms with Gasteiger partial charge in [0.05, 0.1) is 0 Å². The molecule has 2 aromatic heterocycles. The second-order valence-electron chi connectivity index (χ2n) is 8.67. The number of hydrogen-bond acceptors (Lipinski definition) is 6. The lowest BCUT2D eigenvalue weighted by atomic mass is 10.0. The van der Waals surface area contributed by atoms with Gasteiger partial charge in [-0.3, -0.25) is 0 Å². The fourth-order valence-electron chi connectivity index (χ4n) is 4.33. The molecule has 1 saturated carbocycles. The predicted octanol–water partition coefficient (Wildman–Crippen LogP) is 3.74. The van der Waals surface area contributed by atoms with Crippen molar-refractivity contribution in [1.29, 1.82) is 0 Å². The van der Waals surface area contributed by atoms with Crippen molar-refractivity contribution >= 4 is 28.2 Å². The van der Waals surface area contributed by atoms with Crippen molar-refractivity contribution in [2.75, 3.05) is 36.4 Å². The smallest absolute Gasteiger partial charge is 0.256 e. The van der Waals surface area contributed by atoms with Gasteiger partial charge in [0.1, 0.15) is 11.6 Å². The van der Waals surface area contributed by atoms with Crippen LogP contribution in [0, 0.1) is 0 Å². The molecule has 2 fully saturated rings. The minimum absolute atomic E-state index is 0.125. The Hall–Kier alpha value is -3.19. The Kier molecular flexibility index (Phi) is 4.49. The van der Waals surface area contributed by atoms with Crippen LogP contribution >= 0.6 is 0 Å². The Labute approximate surface area is 181 Å². The summed E-state index contributed by atoms with van der Waals surface area (Å²) in [6.45, 7) is 6.05. The molecule has 7 nitrogen and oxygen atoms in total. The van der Waals surface area contributed by atoms with Crippen LogP contribution in [0.4, 0.5) is 11.6 Å². The molecule has 1 aliphatic heterocycles. The number of fused-ring (bicyclic) bond motifs is 2. The lowest BCUT2D eigenvalue weighted by Crippen LogP contribution is -2.44. The number of aromatic nitrogens is 4. The standard InChI is InChI=1S/C24H27N7/c1-16(19-9-6-17-4-2-3-5-20(17)14-19)26-22-15-21(30-12-10-25-11-13-30)27-24-28-23(18-7-8-18)29-31(22)24/h2-6,9,14-16,18,25-26H,7-8,10-13H2,1H3/t16-/m1/s1. The van der Waals surface area contributed by atoms with Crippen LogP contribution in [0.2, 0.25) is 0 Å². The molecule has 0 bridgehead atoms. The Morgan fingerprint density at radius 3 is 2.61 bits per heavy atom. The zero-order valence-electron chi connectivity index (χ0n) is 17.8. The highest BCUT2D eigenvalue weighted by molar-refractivity contribution is 5.83. The first-order valence-electron chi connectivity index (χ1n) is 11.2. The highest BCUT2D eigenvalue weighted by atomic mass is 15.4. The zero-order chi connectivity index (χ0) is 20.8. The van der Waals surface area contributed by atoms with Crippen LogP contribution in [0.25, 0.3) is 16.6 Å². The van der Waals surface area contributed by atoms with Gasteiger partial charge in [-0.05, 0) is 42.2 Å². The summed E-state index contributed by atoms with van der Waals surface area (Å²) in [6.07, 6.45) is 2.36. The maximum Gasteiger partial charge on any atom is 0.256 e. The molecule has 1 aliphatic carbocycles. The van der Waals surface area contributed by atoms with Crippen LogP contribution in [-0.4, -0.2) is 45.8 Å². The molecule has 0 amide bonds. The number of benzene rings is 2. The summed E-state index contributed by atoms with van der Waals surface area (Å²) in [5, 5.41) is 14.4. The van der Waals surface area contributed by atoms with Gasteiger partial charge in [-0.15, -0.1) is 5.10 Å². The van der Waals surface area contributed by atoms with Crippen molar-refractivity contribution in [1.82, 2.24) is 24.9 Å². The first-order chi connectivity index (χ1) is 15.2. The lowest BCUT2D eigenvalue weighted by Gasteiger charge is -2.29. The van der Waals surface area contributed by atoms with E-state index in [0.29, 0.717) is 11.7 Å². The second-order valence-corrected chi connectivity index (χ2v) is 8.67. The van der Waals surface area contributed by atoms with E-state index in [-0.39, 0.29) is 6.04 Å². The normalized spacial score (nSPS) is 17.9. The minimum Gasteiger partial charge on any atom is -0.363 e. The van der Waals surface area contributed by atoms with E-state index in [0.717, 1.165) is 43.6 Å². The van der Waals surface area contributed by atoms with Gasteiger partial charge in [-0.2, -0.15) is 14.5 Å². The molecule has 31 heavy (non-hydrogen) atoms. The van der Waals surface area contributed by atoms with E-state index in [4.69, 9.17) is 15.1 Å². The maximum absolute atomic E-state index is 4.86. The van der Waals surface area contributed by atoms with Crippen LogP contribution in [0.3, 0.4) is 0 Å². The molecule has 1 atom stereocenters. The quantitative estimate of drug-likeness (QED) is 0.519. The van der Waals surface area contributed by atoms with Gasteiger partial charge in [0.25, 0.3) is 5.78 Å². The monoisotopic (exact) mass is 413 g/mol. The summed E-state index contributed by atoms with van der Waals surface area (Å²) in [6, 6.07) is 17.4. The van der Waals surface area contributed by atoms with E-state index in [2.05, 4.69) is 71.0 Å². The largest absolute Gasteiger partial charge is 0.363 e. The van der Waals surface area contributed by atoms with Gasteiger partial charge in [0, 0.05) is 44.2 Å². The van der Waals surface area contributed by atoms with Crippen molar-refractivity contribution < 1.29 is 0 Å². The van der Waals surface area contributed by atoms with Crippen LogP contribution < -0.4 is 15.5 Å². The molecular weight excluding hydrogens is 386 g/mol. The minimum atomic E-state index is 0.125. The molecule has 2 N–H and O–H groups in total. The fourth-order valence-corrected chi connectivity index (χ4v) is 4.33. The number of nitrogens with one attached hydrogen (secondary N) is 2. The average molecular weight is 414 g/mol. The molecule has 1 saturated heterocycles. The summed E-state index contributed by atoms with van der Waals surface area (Å²) < 4.78 is 1.89. The number of nitrogens with zero attached hydrogens (tertiary/aromatic N) is 5. The molecule has 158 valence electrons. The molecule has 6 rings (SSSR count). The van der Waals surface area contributed by atoms with Crippen molar-refractivity contribution in [3.8, 4) is 0 Å². The molecule has 4 aromatic rings. The Bertz CT molecular complexity index is 1240. The Morgan fingerprint density at radius 2 is 1.81 bits per heavy atom. The summed E-state index contributed by atoms with van der Waals surface area (Å²) in [4.78, 5) is 12.0. The summed E-state index contributed by atoms with van der Waals surface area (Å²) in [7, 11) is 0. The van der Waals surface area contributed by atoms with Gasteiger partial charge in [0.15, 0.2) is 5.82 Å². The van der Waals surface area contributed by atoms with Crippen LogP contribution in [-0.2, 0) is 0 Å². The number of anilines is 2. The van der Waals surface area contributed by atoms with Crippen molar-refractivity contribution in [2.45, 2.75) is 31.7 Å². The third-order valence-corrected chi connectivity index (χ3v) is 6.34. The summed E-state index contributed by atoms with van der Waals surface area (Å²) in [5.74, 6) is 4.02. The fraction of sp³-hybridized carbons (Fsp3) is 0.375. The maximum atomic E-state index is 4.86. The van der Waals surface area contributed by atoms with E-state index in [1.807, 2.05) is 4.52 Å². The van der Waals surface area contributed by atoms with E-state index in [9.17, 15) is 0 Å². The van der Waals surface area contributed by atoms with E-state index < -0.39 is 0 Å². The lowest BCUT2D eigenvalue weighted by molar-refractivity contribution is 0.585. The van der Waals surface area contributed by atoms with Crippen LogP contribution in [0.1, 0.15) is 43.1 Å². The molecule has 0 spiro atoms. The first-order valence-corrected chi connectivity index (χ1v) is 11.2. The molecular formula is C24H27N7. The third-order valence-electron chi connectivity index (χ3n) is 6.34. The average Bonchev–Trinajstić information content (AvgIpc) is 3.58. The van der Waals surface area contributed by atoms with Gasteiger partial charge < -0.3 is 15.5 Å². The predicted molar refractivity (Wildman–Crippen MR) is 124 cm³/mol. The van der Waals surface area contributed by atoms with Crippen LogP contribution in [0.15, 0.2) is 48.5 Å². The van der Waals surface area contributed by atoms with E-state index in [1.54, 1.807) is 0 Å². The van der Waals surface area contributed by atoms with Gasteiger partial charge >= 0.3 is 0 Å². The highest BCUT2D eigenvalue weighted by Crippen LogP contribution is 2.38. The van der Waals surface area contributed by atoms with Crippen molar-refractivity contribution in [2.24, 2.45) is 0 Å². The van der Waals surface area contributed by atoms with Gasteiger partial charge in [0.2, 0.25) is 0 Å². The molecule has 2 aromatic carbocycles. The van der Waals surface area contributed by atoms with E-state index >= 15 is 0 Å². The van der Waals surface area contributed by atoms with Crippen LogP contribution in [0.5, 0.6) is 0 Å². The van der Waals surface area contributed by atoms with Gasteiger partial charge in [-0.1, -0.05) is 36.4 Å². The molecule has 0 radical (unpaired) electrons. The summed E-state index contributed by atoms with van der Waals surface area (Å²) >= 11 is 0. The molecule has 0 unspecified atom stereocenters. The third kappa shape index (κ3) is 3.59. The Morgan fingerprint density at radius 1 is 1.00 bits per heavy atom. The molecule has 7 heteroatoms. The number of piperazine rings is 1. The second kappa shape index (κ2) is 7.50. The van der Waals surface area contributed by atoms with E-state index in [1.165, 1.54) is 29.2 Å². The SMILES string of the molecule is C[C@@H](Nc1cc(N2CCNCC2)nc2nc(C3CC3)nn12)c1ccc2ccccc2c1. The van der Waals surface area contributed by atoms with Crippen molar-refractivity contribution in [3.05, 3.63) is 59.9 Å². The topological polar surface area (TPSA) is 70.4 Å². The Balaban J connectivity index is 1.37. The highest BCUT2D eigenvalue weighted by Gasteiger charge is 2.29.